The van der Waals surface area contributed by atoms with Crippen molar-refractivity contribution < 1.29 is 29.3 Å². The summed E-state index contributed by atoms with van der Waals surface area (Å²) in [5.41, 5.74) is -1.71. The van der Waals surface area contributed by atoms with Crippen molar-refractivity contribution in [2.45, 2.75) is 31.0 Å². The van der Waals surface area contributed by atoms with Gasteiger partial charge in [0.2, 0.25) is 5.79 Å². The summed E-state index contributed by atoms with van der Waals surface area (Å²) in [5.74, 6) is -4.76. The second-order valence-corrected chi connectivity index (χ2v) is 12.6. The van der Waals surface area contributed by atoms with Crippen molar-refractivity contribution in [3.05, 3.63) is 120 Å². The lowest BCUT2D eigenvalue weighted by atomic mass is 9.51. The van der Waals surface area contributed by atoms with Crippen molar-refractivity contribution in [2.75, 3.05) is 47.4 Å². The number of aromatic nitrogens is 4. The van der Waals surface area contributed by atoms with Crippen molar-refractivity contribution >= 4 is 11.9 Å². The number of piperidine rings is 2. The molecule has 2 N–H and O–H groups in total. The van der Waals surface area contributed by atoms with E-state index < -0.39 is 40.6 Å². The third kappa shape index (κ3) is 5.87. The highest BCUT2D eigenvalue weighted by Gasteiger charge is 2.82. The number of hydrogen-bond acceptors (Lipinski definition) is 13. The van der Waals surface area contributed by atoms with Gasteiger partial charge in [-0.2, -0.15) is 0 Å². The summed E-state index contributed by atoms with van der Waals surface area (Å²) in [4.78, 5) is 52.7. The first kappa shape index (κ1) is 34.2. The van der Waals surface area contributed by atoms with Gasteiger partial charge in [-0.05, 0) is 55.6 Å². The van der Waals surface area contributed by atoms with Crippen LogP contribution in [-0.2, 0) is 32.2 Å². The van der Waals surface area contributed by atoms with E-state index in [4.69, 9.17) is 9.47 Å². The first-order chi connectivity index (χ1) is 23.7. The van der Waals surface area contributed by atoms with Gasteiger partial charge in [-0.1, -0.05) is 24.3 Å². The van der Waals surface area contributed by atoms with E-state index in [0.717, 1.165) is 11.4 Å². The fourth-order valence-corrected chi connectivity index (χ4v) is 7.87. The molecule has 6 rings (SSSR count). The van der Waals surface area contributed by atoms with Crippen molar-refractivity contribution in [1.29, 1.82) is 0 Å². The van der Waals surface area contributed by atoms with Crippen LogP contribution < -0.4 is 0 Å². The lowest BCUT2D eigenvalue weighted by molar-refractivity contribution is -0.375. The summed E-state index contributed by atoms with van der Waals surface area (Å²) in [6.07, 6.45) is 6.65. The van der Waals surface area contributed by atoms with Gasteiger partial charge in [0.1, 0.15) is 0 Å². The zero-order valence-electron chi connectivity index (χ0n) is 27.8. The van der Waals surface area contributed by atoms with E-state index in [1.165, 1.54) is 14.2 Å². The number of fused-ring (bicyclic) bond motifs is 2. The van der Waals surface area contributed by atoms with Gasteiger partial charge in [-0.3, -0.25) is 44.2 Å². The van der Waals surface area contributed by atoms with Crippen LogP contribution in [0.5, 0.6) is 0 Å². The summed E-state index contributed by atoms with van der Waals surface area (Å²) in [7, 11) is 4.14. The van der Waals surface area contributed by atoms with Crippen LogP contribution in [0.4, 0.5) is 0 Å². The Morgan fingerprint density at radius 3 is 1.53 bits per heavy atom. The fraction of sp³-hybridized carbons (Fsp3) is 0.389. The number of methoxy groups -OCH3 is 2. The molecule has 4 aromatic heterocycles. The smallest absolute Gasteiger partial charge is 0.320 e. The molecular formula is C36H41N7O6. The monoisotopic (exact) mass is 667 g/mol. The Labute approximate surface area is 285 Å². The normalized spacial score (nSPS) is 25.1. The predicted molar refractivity (Wildman–Crippen MR) is 177 cm³/mol. The highest BCUT2D eigenvalue weighted by Crippen LogP contribution is 2.66. The maximum atomic E-state index is 14.3. The Hall–Kier alpha value is -4.66. The summed E-state index contributed by atoms with van der Waals surface area (Å²) in [6.45, 7) is 1.50. The minimum atomic E-state index is -2.98. The van der Waals surface area contributed by atoms with Gasteiger partial charge in [0.15, 0.2) is 10.8 Å². The van der Waals surface area contributed by atoms with Gasteiger partial charge in [0.05, 0.1) is 49.1 Å². The molecule has 13 heteroatoms. The molecule has 2 aliphatic heterocycles. The average molecular weight is 668 g/mol. The van der Waals surface area contributed by atoms with Gasteiger partial charge in [0, 0.05) is 64.1 Å². The Morgan fingerprint density at radius 2 is 1.16 bits per heavy atom. The van der Waals surface area contributed by atoms with Crippen LogP contribution in [0, 0.1) is 10.8 Å². The zero-order chi connectivity index (χ0) is 34.6. The zero-order valence-corrected chi connectivity index (χ0v) is 27.8. The second kappa shape index (κ2) is 14.1. The number of esters is 2. The molecule has 2 bridgehead atoms. The van der Waals surface area contributed by atoms with Crippen molar-refractivity contribution in [3.8, 4) is 0 Å². The molecule has 6 heterocycles. The van der Waals surface area contributed by atoms with Crippen LogP contribution in [0.3, 0.4) is 0 Å². The Kier molecular flexibility index (Phi) is 9.82. The molecule has 49 heavy (non-hydrogen) atoms. The largest absolute Gasteiger partial charge is 0.468 e. The van der Waals surface area contributed by atoms with E-state index in [1.807, 2.05) is 41.3 Å². The highest BCUT2D eigenvalue weighted by molar-refractivity contribution is 5.87. The molecule has 0 aromatic carbocycles. The standard InChI is InChI=1S/C36H41N7O6/c1-41-30(28-14-6-10-18-39-28)34(32(44)48-2)24-43(21-20-42(22-26-12-4-8-16-37-26)23-27-13-5-9-17-38-27)25-35(33(45)49-3,36(34,46)47)31(41)29-15-7-11-19-40-29/h4-19,30-31,46-47H,20-25H2,1-3H3. The molecule has 4 unspecified atom stereocenters. The van der Waals surface area contributed by atoms with Gasteiger partial charge in [0.25, 0.3) is 0 Å². The van der Waals surface area contributed by atoms with Crippen LogP contribution in [0.25, 0.3) is 0 Å². The van der Waals surface area contributed by atoms with E-state index >= 15 is 0 Å². The van der Waals surface area contributed by atoms with Crippen LogP contribution in [0.15, 0.2) is 97.6 Å². The van der Waals surface area contributed by atoms with Crippen molar-refractivity contribution in [2.24, 2.45) is 10.8 Å². The molecule has 2 fully saturated rings. The van der Waals surface area contributed by atoms with Gasteiger partial charge in [-0.25, -0.2) is 0 Å². The summed E-state index contributed by atoms with van der Waals surface area (Å²) < 4.78 is 10.8. The fourth-order valence-electron chi connectivity index (χ4n) is 7.87. The maximum Gasteiger partial charge on any atom is 0.320 e. The van der Waals surface area contributed by atoms with Crippen molar-refractivity contribution in [3.63, 3.8) is 0 Å². The number of carbonyl (C=O) groups is 2. The Balaban J connectivity index is 1.48. The van der Waals surface area contributed by atoms with Gasteiger partial charge >= 0.3 is 11.9 Å². The van der Waals surface area contributed by atoms with Crippen LogP contribution >= 0.6 is 0 Å². The topological polar surface area (TPSA) is 154 Å². The number of ether oxygens (including phenoxy) is 2. The lowest BCUT2D eigenvalue weighted by Crippen LogP contribution is -2.83. The van der Waals surface area contributed by atoms with E-state index in [1.54, 1.807) is 73.1 Å². The van der Waals surface area contributed by atoms with Crippen LogP contribution in [0.1, 0.15) is 34.9 Å². The summed E-state index contributed by atoms with van der Waals surface area (Å²) in [5, 5.41) is 25.3. The SMILES string of the molecule is COC(=O)C12CN(CCN(Cc3ccccn3)Cc3ccccn3)CC(C(=O)OC)(C(c3ccccn3)N(C)C1c1ccccn1)C2(O)O. The second-order valence-electron chi connectivity index (χ2n) is 12.6. The molecule has 0 amide bonds. The third-order valence-electron chi connectivity index (χ3n) is 9.93. The van der Waals surface area contributed by atoms with Crippen LogP contribution in [-0.4, -0.2) is 110 Å². The van der Waals surface area contributed by atoms with Gasteiger partial charge < -0.3 is 19.7 Å². The molecule has 2 saturated heterocycles. The highest BCUT2D eigenvalue weighted by atomic mass is 16.6. The predicted octanol–water partition coefficient (Wildman–Crippen LogP) is 2.01. The average Bonchev–Trinajstić information content (AvgIpc) is 3.12. The van der Waals surface area contributed by atoms with E-state index in [-0.39, 0.29) is 13.1 Å². The minimum absolute atomic E-state index is 0.160. The Morgan fingerprint density at radius 1 is 0.735 bits per heavy atom. The quantitative estimate of drug-likeness (QED) is 0.177. The molecule has 0 aliphatic carbocycles. The maximum absolute atomic E-state index is 14.3. The molecule has 0 spiro atoms. The van der Waals surface area contributed by atoms with Crippen molar-refractivity contribution in [1.82, 2.24) is 34.6 Å². The molecular weight excluding hydrogens is 626 g/mol. The Bertz CT molecular complexity index is 1600. The first-order valence-corrected chi connectivity index (χ1v) is 16.1. The van der Waals surface area contributed by atoms with E-state index in [0.29, 0.717) is 37.6 Å². The number of rotatable bonds is 11. The first-order valence-electron chi connectivity index (χ1n) is 16.1. The number of aliphatic hydroxyl groups is 2. The molecule has 4 aromatic rings. The molecule has 0 saturated carbocycles. The van der Waals surface area contributed by atoms with E-state index in [9.17, 15) is 19.8 Å². The number of pyridine rings is 4. The summed E-state index contributed by atoms with van der Waals surface area (Å²) >= 11 is 0. The van der Waals surface area contributed by atoms with Gasteiger partial charge in [-0.15, -0.1) is 0 Å². The summed E-state index contributed by atoms with van der Waals surface area (Å²) in [6, 6.07) is 19.8. The minimum Gasteiger partial charge on any atom is -0.468 e. The molecule has 0 radical (unpaired) electrons. The lowest BCUT2D eigenvalue weighted by Gasteiger charge is -2.67. The number of nitrogens with zero attached hydrogens (tertiary/aromatic N) is 7. The number of likely N-dealkylation sites (tertiary alicyclic amines) is 2. The molecule has 13 nitrogen and oxygen atoms in total. The molecule has 2 aliphatic rings. The van der Waals surface area contributed by atoms with Crippen LogP contribution in [0.2, 0.25) is 0 Å². The molecule has 256 valence electrons. The van der Waals surface area contributed by atoms with E-state index in [2.05, 4.69) is 24.8 Å². The number of carbonyl (C=O) groups excluding carboxylic acids is 2. The molecule has 4 atom stereocenters. The number of hydrogen-bond donors (Lipinski definition) is 2. The third-order valence-corrected chi connectivity index (χ3v) is 9.93.